The number of nitrogens with one attached hydrogen (secondary N) is 1. The highest BCUT2D eigenvalue weighted by atomic mass is 32.2. The van der Waals surface area contributed by atoms with Crippen LogP contribution < -0.4 is 20.1 Å². The third-order valence-electron chi connectivity index (χ3n) is 4.50. The molecule has 0 fully saturated rings. The van der Waals surface area contributed by atoms with Crippen LogP contribution in [-0.2, 0) is 0 Å². The molecule has 0 saturated heterocycles. The van der Waals surface area contributed by atoms with Gasteiger partial charge in [-0.15, -0.1) is 0 Å². The van der Waals surface area contributed by atoms with E-state index in [0.29, 0.717) is 32.9 Å². The highest BCUT2D eigenvalue weighted by molar-refractivity contribution is 7.54. The van der Waals surface area contributed by atoms with Gasteiger partial charge in [-0.05, 0) is 30.7 Å². The Morgan fingerprint density at radius 3 is 2.67 bits per heavy atom. The van der Waals surface area contributed by atoms with Gasteiger partial charge >= 0.3 is 17.3 Å². The number of aryl methyl sites for hydroxylation is 1. The minimum absolute atomic E-state index is 0.103. The SMILES string of the molecule is Cc1ccnc(N2C(=O)Nc3c[s+](C(=O)[O-])c4nccc2c34)c1Oc1ncccn1. The van der Waals surface area contributed by atoms with Crippen molar-refractivity contribution in [1.82, 2.24) is 19.9 Å². The second-order valence-electron chi connectivity index (χ2n) is 6.31. The molecule has 1 atom stereocenters. The molecule has 1 N–H and O–H groups in total. The summed E-state index contributed by atoms with van der Waals surface area (Å²) in [5, 5.41) is 15.0. The van der Waals surface area contributed by atoms with Crippen LogP contribution in [0, 0.1) is 6.92 Å². The fourth-order valence-corrected chi connectivity index (χ4v) is 4.61. The predicted octanol–water partition coefficient (Wildman–Crippen LogP) is 3.14. The molecule has 1 aliphatic rings. The van der Waals surface area contributed by atoms with E-state index in [4.69, 9.17) is 4.74 Å². The summed E-state index contributed by atoms with van der Waals surface area (Å²) in [5.74, 6) is 0.515. The molecule has 4 aromatic heterocycles. The number of carbonyl (C=O) groups excluding carboxylic acids is 2. The number of urea groups is 1. The molecular formula is C19H12N6O4S. The van der Waals surface area contributed by atoms with Gasteiger partial charge in [0, 0.05) is 24.8 Å². The summed E-state index contributed by atoms with van der Waals surface area (Å²) in [4.78, 5) is 42.9. The van der Waals surface area contributed by atoms with E-state index in [9.17, 15) is 14.7 Å². The molecule has 148 valence electrons. The van der Waals surface area contributed by atoms with E-state index < -0.39 is 21.8 Å². The first-order valence-corrected chi connectivity index (χ1v) is 10.00. The quantitative estimate of drug-likeness (QED) is 0.498. The molecule has 5 rings (SSSR count). The van der Waals surface area contributed by atoms with Crippen molar-refractivity contribution in [2.45, 2.75) is 6.92 Å². The number of pyridine rings is 2. The lowest BCUT2D eigenvalue weighted by atomic mass is 10.2. The van der Waals surface area contributed by atoms with Crippen LogP contribution in [0.2, 0.25) is 0 Å². The lowest BCUT2D eigenvalue weighted by Gasteiger charge is -2.27. The number of anilines is 3. The Kier molecular flexibility index (Phi) is 4.03. The number of rotatable bonds is 4. The van der Waals surface area contributed by atoms with Gasteiger partial charge < -0.3 is 20.0 Å². The van der Waals surface area contributed by atoms with E-state index >= 15 is 0 Å². The van der Waals surface area contributed by atoms with E-state index in [1.165, 1.54) is 28.9 Å². The van der Waals surface area contributed by atoms with Crippen LogP contribution in [0.1, 0.15) is 5.56 Å². The van der Waals surface area contributed by atoms with Crippen molar-refractivity contribution >= 4 is 49.2 Å². The molecule has 0 radical (unpaired) electrons. The van der Waals surface area contributed by atoms with Crippen molar-refractivity contribution in [2.24, 2.45) is 0 Å². The summed E-state index contributed by atoms with van der Waals surface area (Å²) in [5.41, 5.74) is 1.55. The molecule has 0 saturated carbocycles. The highest BCUT2D eigenvalue weighted by Gasteiger charge is 2.36. The maximum Gasteiger partial charge on any atom is 0.332 e. The van der Waals surface area contributed by atoms with Crippen molar-refractivity contribution < 1.29 is 19.4 Å². The monoisotopic (exact) mass is 420 g/mol. The van der Waals surface area contributed by atoms with Crippen molar-refractivity contribution in [3.63, 3.8) is 0 Å². The lowest BCUT2D eigenvalue weighted by molar-refractivity contribution is -0.233. The highest BCUT2D eigenvalue weighted by Crippen LogP contribution is 2.48. The Balaban J connectivity index is 1.71. The predicted molar refractivity (Wildman–Crippen MR) is 107 cm³/mol. The Morgan fingerprint density at radius 2 is 1.90 bits per heavy atom. The van der Waals surface area contributed by atoms with Gasteiger partial charge in [0.2, 0.25) is 0 Å². The van der Waals surface area contributed by atoms with E-state index in [1.807, 2.05) is 0 Å². The van der Waals surface area contributed by atoms with E-state index in [0.717, 1.165) is 0 Å². The molecule has 1 unspecified atom stereocenters. The second-order valence-corrected chi connectivity index (χ2v) is 7.94. The van der Waals surface area contributed by atoms with Gasteiger partial charge in [0.05, 0.1) is 16.2 Å². The first-order valence-electron chi connectivity index (χ1n) is 8.71. The standard InChI is InChI=1S/C19H12N6O4S/c1-10-3-7-20-15(14(10)29-17-22-5-2-6-23-17)25-12-4-8-21-16-13(12)11(24-18(25)26)9-30(16)19(27)28/h2-9H,1H3,(H-,24,26,27,28). The smallest absolute Gasteiger partial charge is 0.332 e. The van der Waals surface area contributed by atoms with Gasteiger partial charge in [0.1, 0.15) is 11.1 Å². The molecule has 10 nitrogen and oxygen atoms in total. The average molecular weight is 420 g/mol. The molecule has 1 aliphatic heterocycles. The largest absolute Gasteiger partial charge is 0.500 e. The summed E-state index contributed by atoms with van der Waals surface area (Å²) < 4.78 is 5.85. The number of nitrogens with zero attached hydrogens (tertiary/aromatic N) is 5. The first kappa shape index (κ1) is 17.9. The number of hydrogen-bond acceptors (Lipinski definition) is 8. The molecule has 11 heteroatoms. The lowest BCUT2D eigenvalue weighted by Crippen LogP contribution is -2.34. The van der Waals surface area contributed by atoms with Crippen LogP contribution in [0.15, 0.2) is 48.4 Å². The second kappa shape index (κ2) is 6.74. The number of carboxylic acid groups (broad SMARTS) is 1. The average Bonchev–Trinajstić information content (AvgIpc) is 3.11. The van der Waals surface area contributed by atoms with Crippen LogP contribution in [0.3, 0.4) is 0 Å². The van der Waals surface area contributed by atoms with Gasteiger partial charge in [-0.2, -0.15) is 0 Å². The van der Waals surface area contributed by atoms with Gasteiger partial charge in [-0.1, -0.05) is 0 Å². The number of amides is 2. The Morgan fingerprint density at radius 1 is 1.13 bits per heavy atom. The number of hydrogen-bond donors (Lipinski definition) is 1. The van der Waals surface area contributed by atoms with E-state index in [1.54, 1.807) is 31.3 Å². The summed E-state index contributed by atoms with van der Waals surface area (Å²) in [6, 6.07) is 4.61. The van der Waals surface area contributed by atoms with Crippen molar-refractivity contribution in [3.8, 4) is 11.8 Å². The van der Waals surface area contributed by atoms with E-state index in [2.05, 4.69) is 25.3 Å². The molecule has 0 bridgehead atoms. The third kappa shape index (κ3) is 2.71. The van der Waals surface area contributed by atoms with Crippen LogP contribution in [-0.4, -0.2) is 31.3 Å². The van der Waals surface area contributed by atoms with Crippen LogP contribution in [0.5, 0.6) is 11.8 Å². The fraction of sp³-hybridized carbons (Fsp3) is 0.0526. The molecule has 0 spiro atoms. The van der Waals surface area contributed by atoms with Crippen molar-refractivity contribution in [3.05, 3.63) is 53.9 Å². The summed E-state index contributed by atoms with van der Waals surface area (Å²) in [6.45, 7) is 1.81. The summed E-state index contributed by atoms with van der Waals surface area (Å²) >= 11 is 0. The zero-order chi connectivity index (χ0) is 20.8. The topological polar surface area (TPSA) is 133 Å². The Labute approximate surface area is 171 Å². The van der Waals surface area contributed by atoms with Crippen LogP contribution in [0.4, 0.5) is 26.8 Å². The van der Waals surface area contributed by atoms with Gasteiger partial charge in [0.15, 0.2) is 16.9 Å². The first-order chi connectivity index (χ1) is 14.5. The summed E-state index contributed by atoms with van der Waals surface area (Å²) in [7, 11) is -1.36. The van der Waals surface area contributed by atoms with Crippen LogP contribution in [0.25, 0.3) is 10.2 Å². The molecule has 0 aliphatic carbocycles. The molecule has 30 heavy (non-hydrogen) atoms. The Bertz CT molecular complexity index is 1320. The molecule has 4 aromatic rings. The summed E-state index contributed by atoms with van der Waals surface area (Å²) in [6.07, 6.45) is 6.08. The minimum atomic E-state index is -1.36. The number of carbonyl (C=O) groups is 2. The molecule has 5 heterocycles. The van der Waals surface area contributed by atoms with Gasteiger partial charge in [-0.3, -0.25) is 0 Å². The fourth-order valence-electron chi connectivity index (χ4n) is 3.23. The zero-order valence-electron chi connectivity index (χ0n) is 15.4. The zero-order valence-corrected chi connectivity index (χ0v) is 16.2. The number of ether oxygens (including phenoxy) is 1. The maximum absolute atomic E-state index is 13.0. The Hall–Kier alpha value is -4.12. The number of aromatic nitrogens is 4. The third-order valence-corrected chi connectivity index (χ3v) is 6.06. The van der Waals surface area contributed by atoms with Crippen molar-refractivity contribution in [2.75, 3.05) is 10.2 Å². The molecule has 2 amide bonds. The maximum atomic E-state index is 13.0. The van der Waals surface area contributed by atoms with Crippen LogP contribution >= 0.6 is 10.5 Å². The molecular weight excluding hydrogens is 408 g/mol. The molecule has 0 aromatic carbocycles. The van der Waals surface area contributed by atoms with Crippen molar-refractivity contribution in [1.29, 1.82) is 0 Å². The number of thiophene rings is 1. The van der Waals surface area contributed by atoms with Gasteiger partial charge in [-0.25, -0.2) is 29.6 Å². The minimum Gasteiger partial charge on any atom is -0.500 e. The van der Waals surface area contributed by atoms with Gasteiger partial charge in [0.25, 0.3) is 4.83 Å². The normalized spacial score (nSPS) is 13.3. The van der Waals surface area contributed by atoms with E-state index in [-0.39, 0.29) is 11.8 Å².